The lowest BCUT2D eigenvalue weighted by Gasteiger charge is -2.15. The van der Waals surface area contributed by atoms with Crippen LogP contribution in [0.2, 0.25) is 0 Å². The number of hydrogen-bond acceptors (Lipinski definition) is 5. The maximum absolute atomic E-state index is 6.89. The second-order valence-corrected chi connectivity index (χ2v) is 15.2. The highest BCUT2D eigenvalue weighted by Gasteiger charge is 2.25. The van der Waals surface area contributed by atoms with E-state index < -0.39 is 0 Å². The van der Waals surface area contributed by atoms with Gasteiger partial charge in [0, 0.05) is 43.4 Å². The molecule has 0 spiro atoms. The Hall–Kier alpha value is -8.09. The molecule has 0 saturated heterocycles. The Balaban J connectivity index is 1.15. The van der Waals surface area contributed by atoms with Gasteiger partial charge in [-0.25, -0.2) is 15.0 Å². The van der Waals surface area contributed by atoms with Crippen LogP contribution in [0.15, 0.2) is 191 Å². The van der Waals surface area contributed by atoms with Gasteiger partial charge in [-0.2, -0.15) is 0 Å². The SMILES string of the molecule is c1ccc2cc(-c3nc(-c4ccc5oc6ccccc6c5c4)nc(-c4c(-n5c6ccccc6c6cc7ccccc7cc65)ccc5c4oc4ccccc45)n3)ccc2c1. The van der Waals surface area contributed by atoms with Crippen LogP contribution in [0.4, 0.5) is 0 Å². The Kier molecular flexibility index (Phi) is 6.63. The van der Waals surface area contributed by atoms with E-state index in [9.17, 15) is 0 Å². The zero-order chi connectivity index (χ0) is 38.6. The molecular formula is C53H30N4O2. The summed E-state index contributed by atoms with van der Waals surface area (Å²) in [4.78, 5) is 16.0. The smallest absolute Gasteiger partial charge is 0.170 e. The standard InChI is InChI=1S/C53H30N4O2/c1-2-12-32-27-35(22-21-31(32)11-1)51-54-52(36-23-26-48-42(29-36)39-17-7-9-19-46(39)58-48)56-53(55-51)49-44(25-24-40-38-16-6-10-20-47(38)59-50(40)49)57-43-18-8-5-15-37(43)41-28-33-13-3-4-14-34(33)30-45(41)57/h1-30H. The minimum absolute atomic E-state index is 0.515. The van der Waals surface area contributed by atoms with Gasteiger partial charge in [0.2, 0.25) is 0 Å². The summed E-state index contributed by atoms with van der Waals surface area (Å²) >= 11 is 0. The first kappa shape index (κ1) is 32.0. The quantitative estimate of drug-likeness (QED) is 0.179. The van der Waals surface area contributed by atoms with Crippen LogP contribution in [0.5, 0.6) is 0 Å². The third-order valence-electron chi connectivity index (χ3n) is 11.8. The average molecular weight is 755 g/mol. The first-order valence-corrected chi connectivity index (χ1v) is 19.8. The van der Waals surface area contributed by atoms with E-state index in [4.69, 9.17) is 23.8 Å². The van der Waals surface area contributed by atoms with Gasteiger partial charge in [0.15, 0.2) is 17.5 Å². The predicted octanol–water partition coefficient (Wildman–Crippen LogP) is 14.1. The van der Waals surface area contributed by atoms with Crippen molar-refractivity contribution in [3.05, 3.63) is 182 Å². The van der Waals surface area contributed by atoms with E-state index in [1.54, 1.807) is 0 Å². The zero-order valence-electron chi connectivity index (χ0n) is 31.4. The molecule has 4 heterocycles. The molecule has 0 aliphatic carbocycles. The van der Waals surface area contributed by atoms with Gasteiger partial charge in [-0.15, -0.1) is 0 Å². The molecule has 6 heteroatoms. The van der Waals surface area contributed by atoms with Gasteiger partial charge in [0.1, 0.15) is 22.3 Å². The van der Waals surface area contributed by atoms with E-state index in [0.29, 0.717) is 23.1 Å². The van der Waals surface area contributed by atoms with Crippen LogP contribution in [0.3, 0.4) is 0 Å². The third-order valence-corrected chi connectivity index (χ3v) is 11.8. The molecule has 6 nitrogen and oxygen atoms in total. The molecule has 0 N–H and O–H groups in total. The van der Waals surface area contributed by atoms with Crippen LogP contribution in [0, 0.1) is 0 Å². The van der Waals surface area contributed by atoms with Crippen molar-refractivity contribution in [3.8, 4) is 39.9 Å². The molecule has 13 aromatic rings. The van der Waals surface area contributed by atoms with Crippen molar-refractivity contribution in [2.75, 3.05) is 0 Å². The Labute approximate surface area is 336 Å². The number of hydrogen-bond donors (Lipinski definition) is 0. The summed E-state index contributed by atoms with van der Waals surface area (Å²) in [5.74, 6) is 1.64. The van der Waals surface area contributed by atoms with Crippen molar-refractivity contribution < 1.29 is 8.83 Å². The monoisotopic (exact) mass is 754 g/mol. The lowest BCUT2D eigenvalue weighted by atomic mass is 10.0. The van der Waals surface area contributed by atoms with Gasteiger partial charge in [-0.3, -0.25) is 0 Å². The molecule has 13 rings (SSSR count). The molecule has 0 radical (unpaired) electrons. The highest BCUT2D eigenvalue weighted by atomic mass is 16.3. The Morgan fingerprint density at radius 2 is 0.915 bits per heavy atom. The van der Waals surface area contributed by atoms with Gasteiger partial charge in [-0.05, 0) is 88.3 Å². The third kappa shape index (κ3) is 4.84. The Bertz CT molecular complexity index is 3870. The topological polar surface area (TPSA) is 69.9 Å². The maximum Gasteiger partial charge on any atom is 0.170 e. The largest absolute Gasteiger partial charge is 0.456 e. The van der Waals surface area contributed by atoms with Crippen molar-refractivity contribution in [1.82, 2.24) is 19.5 Å². The van der Waals surface area contributed by atoms with Crippen molar-refractivity contribution in [3.63, 3.8) is 0 Å². The highest BCUT2D eigenvalue weighted by molar-refractivity contribution is 6.16. The van der Waals surface area contributed by atoms with Gasteiger partial charge < -0.3 is 13.4 Å². The summed E-state index contributed by atoms with van der Waals surface area (Å²) in [5.41, 5.74) is 8.79. The molecule has 0 saturated carbocycles. The molecule has 4 aromatic heterocycles. The number of benzene rings is 9. The minimum Gasteiger partial charge on any atom is -0.456 e. The van der Waals surface area contributed by atoms with Crippen LogP contribution in [0.1, 0.15) is 0 Å². The second kappa shape index (κ2) is 12.2. The fourth-order valence-electron chi connectivity index (χ4n) is 9.04. The summed E-state index contributed by atoms with van der Waals surface area (Å²) in [6, 6.07) is 63.4. The first-order valence-electron chi connectivity index (χ1n) is 19.8. The number of aromatic nitrogens is 4. The number of furan rings is 2. The minimum atomic E-state index is 0.515. The summed E-state index contributed by atoms with van der Waals surface area (Å²) in [6.45, 7) is 0. The normalized spacial score (nSPS) is 12.1. The molecule has 0 fully saturated rings. The molecular weight excluding hydrogens is 725 g/mol. The lowest BCUT2D eigenvalue weighted by Crippen LogP contribution is -2.04. The molecule has 0 aliphatic rings. The van der Waals surface area contributed by atoms with Gasteiger partial charge in [-0.1, -0.05) is 115 Å². The lowest BCUT2D eigenvalue weighted by molar-refractivity contribution is 0.669. The average Bonchev–Trinajstić information content (AvgIpc) is 3.96. The predicted molar refractivity (Wildman–Crippen MR) is 240 cm³/mol. The van der Waals surface area contributed by atoms with Crippen molar-refractivity contribution >= 4 is 87.2 Å². The number of fused-ring (bicyclic) bond motifs is 11. The summed E-state index contributed by atoms with van der Waals surface area (Å²) in [6.07, 6.45) is 0. The van der Waals surface area contributed by atoms with Gasteiger partial charge in [0.05, 0.1) is 22.3 Å². The zero-order valence-corrected chi connectivity index (χ0v) is 31.4. The fraction of sp³-hybridized carbons (Fsp3) is 0. The van der Waals surface area contributed by atoms with Crippen LogP contribution in [-0.2, 0) is 0 Å². The summed E-state index contributed by atoms with van der Waals surface area (Å²) in [5, 5.41) is 11.0. The molecule has 9 aromatic carbocycles. The molecule has 59 heavy (non-hydrogen) atoms. The molecule has 0 atom stereocenters. The first-order chi connectivity index (χ1) is 29.2. The van der Waals surface area contributed by atoms with Crippen molar-refractivity contribution in [1.29, 1.82) is 0 Å². The van der Waals surface area contributed by atoms with E-state index in [1.165, 1.54) is 16.2 Å². The van der Waals surface area contributed by atoms with Gasteiger partial charge >= 0.3 is 0 Å². The fourth-order valence-corrected chi connectivity index (χ4v) is 9.04. The highest BCUT2D eigenvalue weighted by Crippen LogP contribution is 2.43. The molecule has 0 amide bonds. The van der Waals surface area contributed by atoms with E-state index in [2.05, 4.69) is 144 Å². The van der Waals surface area contributed by atoms with Crippen molar-refractivity contribution in [2.45, 2.75) is 0 Å². The number of nitrogens with zero attached hydrogens (tertiary/aromatic N) is 4. The Morgan fingerprint density at radius 1 is 0.339 bits per heavy atom. The maximum atomic E-state index is 6.89. The number of para-hydroxylation sites is 3. The summed E-state index contributed by atoms with van der Waals surface area (Å²) in [7, 11) is 0. The van der Waals surface area contributed by atoms with Crippen LogP contribution in [0.25, 0.3) is 127 Å². The van der Waals surface area contributed by atoms with E-state index in [-0.39, 0.29) is 0 Å². The molecule has 0 bridgehead atoms. The molecule has 0 unspecified atom stereocenters. The van der Waals surface area contributed by atoms with E-state index in [1.807, 2.05) is 42.5 Å². The van der Waals surface area contributed by atoms with E-state index in [0.717, 1.165) is 87.9 Å². The van der Waals surface area contributed by atoms with Crippen LogP contribution < -0.4 is 0 Å². The van der Waals surface area contributed by atoms with Crippen LogP contribution >= 0.6 is 0 Å². The second-order valence-electron chi connectivity index (χ2n) is 15.2. The summed E-state index contributed by atoms with van der Waals surface area (Å²) < 4.78 is 15.5. The Morgan fingerprint density at radius 3 is 1.71 bits per heavy atom. The molecule has 0 aliphatic heterocycles. The van der Waals surface area contributed by atoms with Crippen molar-refractivity contribution in [2.24, 2.45) is 0 Å². The number of rotatable bonds is 4. The van der Waals surface area contributed by atoms with Crippen LogP contribution in [-0.4, -0.2) is 19.5 Å². The van der Waals surface area contributed by atoms with Gasteiger partial charge in [0.25, 0.3) is 0 Å². The van der Waals surface area contributed by atoms with E-state index >= 15 is 0 Å². The molecule has 274 valence electrons.